The zero-order chi connectivity index (χ0) is 33.3. The Morgan fingerprint density at radius 2 is 1.29 bits per heavy atom. The van der Waals surface area contributed by atoms with E-state index in [1.165, 1.54) is 44.0 Å². The number of pyridine rings is 2. The number of allylic oxidation sites excluding steroid dienone is 5. The molecule has 0 radical (unpaired) electrons. The highest BCUT2D eigenvalue weighted by molar-refractivity contribution is 6.15. The Kier molecular flexibility index (Phi) is 7.87. The first kappa shape index (κ1) is 30.2. The lowest BCUT2D eigenvalue weighted by Gasteiger charge is -2.14. The lowest BCUT2D eigenvalue weighted by Crippen LogP contribution is -1.99. The van der Waals surface area contributed by atoms with Crippen LogP contribution in [0.2, 0.25) is 0 Å². The molecule has 2 heterocycles. The Bertz CT molecular complexity index is 2480. The second-order valence-corrected chi connectivity index (χ2v) is 12.6. The van der Waals surface area contributed by atoms with Gasteiger partial charge in [-0.25, -0.2) is 4.98 Å². The molecule has 1 aliphatic rings. The van der Waals surface area contributed by atoms with E-state index >= 15 is 0 Å². The Morgan fingerprint density at radius 1 is 0.612 bits per heavy atom. The molecule has 8 rings (SSSR count). The second-order valence-electron chi connectivity index (χ2n) is 12.6. The monoisotopic (exact) mass is 629 g/mol. The molecule has 3 nitrogen and oxygen atoms in total. The summed E-state index contributed by atoms with van der Waals surface area (Å²) in [6, 6.07) is 43.3. The zero-order valence-electron chi connectivity index (χ0n) is 27.6. The first-order chi connectivity index (χ1) is 24.1. The molecule has 0 unspecified atom stereocenters. The van der Waals surface area contributed by atoms with E-state index in [9.17, 15) is 0 Å². The molecular formula is C46H35N3. The van der Waals surface area contributed by atoms with Gasteiger partial charge in [0, 0.05) is 23.7 Å². The molecule has 5 aromatic carbocycles. The van der Waals surface area contributed by atoms with Crippen molar-refractivity contribution in [2.45, 2.75) is 13.8 Å². The van der Waals surface area contributed by atoms with E-state index in [1.54, 1.807) is 12.3 Å². The average Bonchev–Trinajstić information content (AvgIpc) is 3.60. The van der Waals surface area contributed by atoms with Gasteiger partial charge in [0.2, 0.25) is 0 Å². The minimum Gasteiger partial charge on any atom is -0.256 e. The predicted molar refractivity (Wildman–Crippen MR) is 208 cm³/mol. The molecule has 1 aliphatic carbocycles. The van der Waals surface area contributed by atoms with Gasteiger partial charge < -0.3 is 0 Å². The highest BCUT2D eigenvalue weighted by Crippen LogP contribution is 2.40. The highest BCUT2D eigenvalue weighted by Gasteiger charge is 2.17. The molecule has 0 saturated heterocycles. The zero-order valence-corrected chi connectivity index (χ0v) is 27.6. The number of hydrogen-bond donors (Lipinski definition) is 0. The van der Waals surface area contributed by atoms with Crippen LogP contribution in [0.1, 0.15) is 18.2 Å². The van der Waals surface area contributed by atoms with E-state index in [2.05, 4.69) is 147 Å². The van der Waals surface area contributed by atoms with Crippen molar-refractivity contribution in [3.05, 3.63) is 170 Å². The van der Waals surface area contributed by atoms with Crippen molar-refractivity contribution in [1.29, 1.82) is 0 Å². The third kappa shape index (κ3) is 5.70. The first-order valence-corrected chi connectivity index (χ1v) is 16.7. The third-order valence-corrected chi connectivity index (χ3v) is 9.50. The van der Waals surface area contributed by atoms with Crippen LogP contribution in [-0.2, 0) is 0 Å². The van der Waals surface area contributed by atoms with E-state index in [0.717, 1.165) is 44.8 Å². The number of aliphatic imine (C=N–C) groups is 1. The van der Waals surface area contributed by atoms with E-state index < -0.39 is 0 Å². The third-order valence-electron chi connectivity index (χ3n) is 9.50. The maximum absolute atomic E-state index is 5.07. The summed E-state index contributed by atoms with van der Waals surface area (Å²) in [6.45, 7) is 8.20. The molecule has 0 bridgehead atoms. The highest BCUT2D eigenvalue weighted by atomic mass is 14.8. The summed E-state index contributed by atoms with van der Waals surface area (Å²) in [7, 11) is 0. The van der Waals surface area contributed by atoms with Gasteiger partial charge in [-0.2, -0.15) is 0 Å². The largest absolute Gasteiger partial charge is 0.256 e. The van der Waals surface area contributed by atoms with Crippen molar-refractivity contribution in [2.24, 2.45) is 10.9 Å². The number of fused-ring (bicyclic) bond motifs is 3. The fraction of sp³-hybridized carbons (Fsp3) is 0.0652. The molecule has 0 N–H and O–H groups in total. The Hall–Kier alpha value is -6.19. The molecule has 0 amide bonds. The molecule has 49 heavy (non-hydrogen) atoms. The van der Waals surface area contributed by atoms with Crippen LogP contribution >= 0.6 is 0 Å². The van der Waals surface area contributed by atoms with E-state index in [4.69, 9.17) is 9.98 Å². The lowest BCUT2D eigenvalue weighted by atomic mass is 9.92. The van der Waals surface area contributed by atoms with Gasteiger partial charge in [0.05, 0.1) is 22.8 Å². The average molecular weight is 630 g/mol. The van der Waals surface area contributed by atoms with Crippen LogP contribution in [0.5, 0.6) is 0 Å². The van der Waals surface area contributed by atoms with Gasteiger partial charge in [-0.05, 0) is 110 Å². The van der Waals surface area contributed by atoms with Gasteiger partial charge in [-0.1, -0.05) is 117 Å². The number of hydrogen-bond acceptors (Lipinski definition) is 3. The predicted octanol–water partition coefficient (Wildman–Crippen LogP) is 12.2. The van der Waals surface area contributed by atoms with Gasteiger partial charge in [0.1, 0.15) is 0 Å². The fourth-order valence-electron chi connectivity index (χ4n) is 6.97. The van der Waals surface area contributed by atoms with Gasteiger partial charge in [-0.3, -0.25) is 9.98 Å². The molecule has 7 aromatic rings. The van der Waals surface area contributed by atoms with Crippen molar-refractivity contribution in [1.82, 2.24) is 9.97 Å². The number of nitrogens with zero attached hydrogens (tertiary/aromatic N) is 3. The Labute approximate surface area is 287 Å². The molecule has 0 aliphatic heterocycles. The van der Waals surface area contributed by atoms with Crippen LogP contribution in [0, 0.1) is 12.8 Å². The molecule has 3 heteroatoms. The second kappa shape index (κ2) is 12.8. The van der Waals surface area contributed by atoms with Gasteiger partial charge in [-0.15, -0.1) is 0 Å². The summed E-state index contributed by atoms with van der Waals surface area (Å²) in [5, 5.41) is 4.79. The normalized spacial score (nSPS) is 14.2. The van der Waals surface area contributed by atoms with Crippen molar-refractivity contribution >= 4 is 39.0 Å². The minimum absolute atomic E-state index is 0.317. The summed E-state index contributed by atoms with van der Waals surface area (Å²) >= 11 is 0. The molecular weight excluding hydrogens is 595 g/mol. The minimum atomic E-state index is 0.317. The van der Waals surface area contributed by atoms with Crippen LogP contribution in [0.3, 0.4) is 0 Å². The van der Waals surface area contributed by atoms with E-state index in [0.29, 0.717) is 5.92 Å². The number of aromatic nitrogens is 2. The standard InChI is InChI=1S/C46H35N3/c1-4-23-48-46-31(3)39-17-5-6-18-40(39)42-27-36(21-22-41(42)46)34-15-10-13-32(25-34)33-14-11-16-35(26-33)37-28-44(38-19-9-12-30(38)2)49-45(29-37)43-20-7-8-24-47-43/h4-30H,1H2,2-3H3/t30-/m1/s1. The summed E-state index contributed by atoms with van der Waals surface area (Å²) < 4.78 is 0. The number of aryl methyl sites for hydroxylation is 1. The van der Waals surface area contributed by atoms with Crippen LogP contribution < -0.4 is 0 Å². The van der Waals surface area contributed by atoms with Crippen molar-refractivity contribution in [3.63, 3.8) is 0 Å². The smallest absolute Gasteiger partial charge is 0.0899 e. The quantitative estimate of drug-likeness (QED) is 0.130. The Morgan fingerprint density at radius 3 is 1.96 bits per heavy atom. The fourth-order valence-corrected chi connectivity index (χ4v) is 6.97. The van der Waals surface area contributed by atoms with E-state index in [-0.39, 0.29) is 0 Å². The lowest BCUT2D eigenvalue weighted by molar-refractivity contribution is 0.969. The van der Waals surface area contributed by atoms with Gasteiger partial charge >= 0.3 is 0 Å². The molecule has 2 aromatic heterocycles. The van der Waals surface area contributed by atoms with Gasteiger partial charge in [0.25, 0.3) is 0 Å². The van der Waals surface area contributed by atoms with Crippen molar-refractivity contribution in [3.8, 4) is 44.8 Å². The van der Waals surface area contributed by atoms with Gasteiger partial charge in [0.15, 0.2) is 0 Å². The molecule has 234 valence electrons. The van der Waals surface area contributed by atoms with Crippen molar-refractivity contribution < 1.29 is 0 Å². The number of rotatable bonds is 7. The van der Waals surface area contributed by atoms with Crippen LogP contribution in [0.25, 0.3) is 71.9 Å². The van der Waals surface area contributed by atoms with Crippen LogP contribution in [0.4, 0.5) is 5.69 Å². The number of benzene rings is 5. The topological polar surface area (TPSA) is 38.1 Å². The van der Waals surface area contributed by atoms with E-state index in [1.807, 2.05) is 24.4 Å². The van der Waals surface area contributed by atoms with Crippen LogP contribution in [-0.4, -0.2) is 16.2 Å². The summed E-state index contributed by atoms with van der Waals surface area (Å²) in [5.74, 6) is 0.317. The summed E-state index contributed by atoms with van der Waals surface area (Å²) in [6.07, 6.45) is 11.8. The maximum atomic E-state index is 5.07. The molecule has 0 saturated carbocycles. The van der Waals surface area contributed by atoms with Crippen LogP contribution in [0.15, 0.2) is 163 Å². The van der Waals surface area contributed by atoms with Crippen molar-refractivity contribution in [2.75, 3.05) is 0 Å². The summed E-state index contributed by atoms with van der Waals surface area (Å²) in [5.41, 5.74) is 13.1. The summed E-state index contributed by atoms with van der Waals surface area (Å²) in [4.78, 5) is 14.5. The molecule has 0 fully saturated rings. The molecule has 1 atom stereocenters. The first-order valence-electron chi connectivity index (χ1n) is 16.7. The molecule has 0 spiro atoms. The Balaban J connectivity index is 1.21. The SMILES string of the molecule is C=CC=Nc1c(C)c2ccccc2c2cc(-c3cccc(-c4cccc(-c5cc(C6=CC=C[C@H]6C)nc(-c6ccccn6)c5)c4)c3)ccc12. The maximum Gasteiger partial charge on any atom is 0.0899 e.